The molecule has 0 radical (unpaired) electrons. The van der Waals surface area contributed by atoms with Crippen LogP contribution in [0.5, 0.6) is 5.75 Å². The van der Waals surface area contributed by atoms with Gasteiger partial charge in [-0.15, -0.1) is 0 Å². The number of benzene rings is 1. The van der Waals surface area contributed by atoms with Crippen molar-refractivity contribution in [3.63, 3.8) is 0 Å². The minimum absolute atomic E-state index is 0.282. The standard InChI is InChI=1S/C17H26N2O/c1-12(8-13-4-6-15(20)7-5-13)19-11-14-9-18-10-16(14)17(19,2)3/h4-7,12,14,16,18,20H,8-11H2,1-3H3. The molecule has 3 nitrogen and oxygen atoms in total. The van der Waals surface area contributed by atoms with Crippen LogP contribution in [0, 0.1) is 11.8 Å². The summed E-state index contributed by atoms with van der Waals surface area (Å²) in [5.74, 6) is 1.94. The normalized spacial score (nSPS) is 30.4. The van der Waals surface area contributed by atoms with Crippen molar-refractivity contribution in [2.75, 3.05) is 19.6 Å². The Morgan fingerprint density at radius 3 is 2.65 bits per heavy atom. The minimum Gasteiger partial charge on any atom is -0.508 e. The van der Waals surface area contributed by atoms with E-state index in [9.17, 15) is 5.11 Å². The van der Waals surface area contributed by atoms with E-state index in [2.05, 4.69) is 31.0 Å². The lowest BCUT2D eigenvalue weighted by Gasteiger charge is -2.40. The first kappa shape index (κ1) is 13.9. The van der Waals surface area contributed by atoms with E-state index in [-0.39, 0.29) is 5.54 Å². The smallest absolute Gasteiger partial charge is 0.115 e. The van der Waals surface area contributed by atoms with Crippen LogP contribution in [0.4, 0.5) is 0 Å². The van der Waals surface area contributed by atoms with Crippen molar-refractivity contribution in [2.24, 2.45) is 11.8 Å². The van der Waals surface area contributed by atoms with Crippen LogP contribution in [0.15, 0.2) is 24.3 Å². The predicted molar refractivity (Wildman–Crippen MR) is 81.9 cm³/mol. The van der Waals surface area contributed by atoms with Gasteiger partial charge in [0.05, 0.1) is 0 Å². The zero-order valence-corrected chi connectivity index (χ0v) is 12.8. The van der Waals surface area contributed by atoms with Crippen molar-refractivity contribution < 1.29 is 5.11 Å². The first-order valence-electron chi connectivity index (χ1n) is 7.74. The zero-order chi connectivity index (χ0) is 14.3. The van der Waals surface area contributed by atoms with Gasteiger partial charge in [-0.05, 0) is 63.3 Å². The van der Waals surface area contributed by atoms with Gasteiger partial charge in [-0.2, -0.15) is 0 Å². The third-order valence-corrected chi connectivity index (χ3v) is 5.42. The quantitative estimate of drug-likeness (QED) is 0.887. The van der Waals surface area contributed by atoms with Crippen molar-refractivity contribution in [3.05, 3.63) is 29.8 Å². The Morgan fingerprint density at radius 1 is 1.30 bits per heavy atom. The maximum absolute atomic E-state index is 9.38. The molecule has 110 valence electrons. The number of hydrogen-bond donors (Lipinski definition) is 2. The fraction of sp³-hybridized carbons (Fsp3) is 0.647. The van der Waals surface area contributed by atoms with Crippen LogP contribution in [0.3, 0.4) is 0 Å². The molecule has 1 aromatic rings. The van der Waals surface area contributed by atoms with Gasteiger partial charge in [-0.1, -0.05) is 12.1 Å². The van der Waals surface area contributed by atoms with Gasteiger partial charge < -0.3 is 10.4 Å². The van der Waals surface area contributed by atoms with E-state index in [4.69, 9.17) is 0 Å². The van der Waals surface area contributed by atoms with Crippen molar-refractivity contribution in [1.82, 2.24) is 10.2 Å². The molecule has 3 heteroatoms. The third kappa shape index (κ3) is 2.33. The third-order valence-electron chi connectivity index (χ3n) is 5.42. The molecule has 3 unspecified atom stereocenters. The lowest BCUT2D eigenvalue weighted by Crippen LogP contribution is -2.49. The number of nitrogens with zero attached hydrogens (tertiary/aromatic N) is 1. The first-order valence-corrected chi connectivity index (χ1v) is 7.74. The zero-order valence-electron chi connectivity index (χ0n) is 12.8. The molecule has 3 rings (SSSR count). The molecule has 0 bridgehead atoms. The molecule has 0 saturated carbocycles. The Kier molecular flexibility index (Phi) is 3.51. The Hall–Kier alpha value is -1.06. The number of fused-ring (bicyclic) bond motifs is 1. The average molecular weight is 274 g/mol. The molecule has 2 N–H and O–H groups in total. The number of phenolic OH excluding ortho intramolecular Hbond substituents is 1. The van der Waals surface area contributed by atoms with Gasteiger partial charge in [0.1, 0.15) is 5.75 Å². The Bertz CT molecular complexity index is 468. The molecule has 2 saturated heterocycles. The molecule has 2 aliphatic heterocycles. The molecule has 0 aliphatic carbocycles. The van der Waals surface area contributed by atoms with Gasteiger partial charge in [0.25, 0.3) is 0 Å². The van der Waals surface area contributed by atoms with E-state index in [0.717, 1.165) is 18.3 Å². The van der Waals surface area contributed by atoms with Crippen LogP contribution in [0.25, 0.3) is 0 Å². The van der Waals surface area contributed by atoms with Gasteiger partial charge >= 0.3 is 0 Å². The summed E-state index contributed by atoms with van der Waals surface area (Å²) >= 11 is 0. The van der Waals surface area contributed by atoms with Crippen LogP contribution in [-0.4, -0.2) is 41.2 Å². The van der Waals surface area contributed by atoms with Crippen molar-refractivity contribution >= 4 is 0 Å². The fourth-order valence-electron chi connectivity index (χ4n) is 4.28. The monoisotopic (exact) mass is 274 g/mol. The second-order valence-corrected chi connectivity index (χ2v) is 7.05. The first-order chi connectivity index (χ1) is 9.48. The number of aromatic hydroxyl groups is 1. The number of likely N-dealkylation sites (tertiary alicyclic amines) is 1. The topological polar surface area (TPSA) is 35.5 Å². The fourth-order valence-corrected chi connectivity index (χ4v) is 4.28. The van der Waals surface area contributed by atoms with Gasteiger partial charge in [-0.25, -0.2) is 0 Å². The molecule has 0 aromatic heterocycles. The van der Waals surface area contributed by atoms with Gasteiger partial charge in [0, 0.05) is 24.7 Å². The summed E-state index contributed by atoms with van der Waals surface area (Å²) in [7, 11) is 0. The highest BCUT2D eigenvalue weighted by atomic mass is 16.3. The van der Waals surface area contributed by atoms with Crippen molar-refractivity contribution in [3.8, 4) is 5.75 Å². The lowest BCUT2D eigenvalue weighted by atomic mass is 9.84. The molecule has 2 fully saturated rings. The van der Waals surface area contributed by atoms with Crippen molar-refractivity contribution in [1.29, 1.82) is 0 Å². The summed E-state index contributed by atoms with van der Waals surface area (Å²) in [5, 5.41) is 12.9. The van der Waals surface area contributed by atoms with E-state index < -0.39 is 0 Å². The van der Waals surface area contributed by atoms with Gasteiger partial charge in [0.15, 0.2) is 0 Å². The predicted octanol–water partition coefficient (Wildman–Crippen LogP) is 2.25. The highest BCUT2D eigenvalue weighted by molar-refractivity contribution is 5.26. The van der Waals surface area contributed by atoms with Gasteiger partial charge in [0.2, 0.25) is 0 Å². The molecule has 2 aliphatic rings. The maximum atomic E-state index is 9.38. The molecule has 0 spiro atoms. The second-order valence-electron chi connectivity index (χ2n) is 7.05. The van der Waals surface area contributed by atoms with E-state index in [1.165, 1.54) is 25.2 Å². The van der Waals surface area contributed by atoms with E-state index in [1.807, 2.05) is 12.1 Å². The molecular weight excluding hydrogens is 248 g/mol. The molecule has 20 heavy (non-hydrogen) atoms. The molecular formula is C17H26N2O. The van der Waals surface area contributed by atoms with Crippen LogP contribution in [0.2, 0.25) is 0 Å². The molecule has 0 amide bonds. The van der Waals surface area contributed by atoms with Gasteiger partial charge in [-0.3, -0.25) is 4.90 Å². The van der Waals surface area contributed by atoms with Crippen LogP contribution in [-0.2, 0) is 6.42 Å². The van der Waals surface area contributed by atoms with E-state index in [0.29, 0.717) is 11.8 Å². The number of rotatable bonds is 3. The number of nitrogens with one attached hydrogen (secondary N) is 1. The Morgan fingerprint density at radius 2 is 2.00 bits per heavy atom. The average Bonchev–Trinajstić information content (AvgIpc) is 2.95. The second kappa shape index (κ2) is 5.05. The summed E-state index contributed by atoms with van der Waals surface area (Å²) in [4.78, 5) is 2.69. The molecule has 3 atom stereocenters. The van der Waals surface area contributed by atoms with E-state index >= 15 is 0 Å². The number of hydrogen-bond acceptors (Lipinski definition) is 3. The highest BCUT2D eigenvalue weighted by Crippen LogP contribution is 2.42. The Labute approximate surface area is 122 Å². The van der Waals surface area contributed by atoms with Crippen LogP contribution >= 0.6 is 0 Å². The minimum atomic E-state index is 0.282. The van der Waals surface area contributed by atoms with Crippen molar-refractivity contribution in [2.45, 2.75) is 38.8 Å². The largest absolute Gasteiger partial charge is 0.508 e. The van der Waals surface area contributed by atoms with Crippen LogP contribution in [0.1, 0.15) is 26.3 Å². The molecule has 2 heterocycles. The summed E-state index contributed by atoms with van der Waals surface area (Å²) in [5.41, 5.74) is 1.59. The Balaban J connectivity index is 1.71. The summed E-state index contributed by atoms with van der Waals surface area (Å²) in [6.07, 6.45) is 1.05. The summed E-state index contributed by atoms with van der Waals surface area (Å²) in [6, 6.07) is 8.19. The SMILES string of the molecule is CC(Cc1ccc(O)cc1)N1CC2CNCC2C1(C)C. The lowest BCUT2D eigenvalue weighted by molar-refractivity contribution is 0.0970. The highest BCUT2D eigenvalue weighted by Gasteiger charge is 2.50. The van der Waals surface area contributed by atoms with Crippen LogP contribution < -0.4 is 5.32 Å². The van der Waals surface area contributed by atoms with E-state index in [1.54, 1.807) is 12.1 Å². The summed E-state index contributed by atoms with van der Waals surface area (Å²) < 4.78 is 0. The summed E-state index contributed by atoms with van der Waals surface area (Å²) in [6.45, 7) is 10.7. The maximum Gasteiger partial charge on any atom is 0.115 e. The molecule has 1 aromatic carbocycles. The number of phenols is 1.